The normalized spacial score (nSPS) is 10.3. The number of fused-ring (bicyclic) bond motifs is 1. The van der Waals surface area contributed by atoms with E-state index in [9.17, 15) is 0 Å². The topological polar surface area (TPSA) is 74.7 Å². The summed E-state index contributed by atoms with van der Waals surface area (Å²) in [6.07, 6.45) is 1.50. The average molecular weight is 339 g/mol. The highest BCUT2D eigenvalue weighted by Gasteiger charge is 2.07. The number of aromatic nitrogens is 1. The number of halogens is 1. The summed E-state index contributed by atoms with van der Waals surface area (Å²) < 4.78 is 1.03. The lowest BCUT2D eigenvalue weighted by molar-refractivity contribution is 1.29. The molecule has 3 aromatic rings. The van der Waals surface area contributed by atoms with Gasteiger partial charge in [-0.1, -0.05) is 40.2 Å². The maximum Gasteiger partial charge on any atom is 0.153 e. The number of rotatable bonds is 2. The molecule has 0 bridgehead atoms. The lowest BCUT2D eigenvalue weighted by atomic mass is 10.1. The summed E-state index contributed by atoms with van der Waals surface area (Å²) in [5.74, 6) is 0.543. The van der Waals surface area contributed by atoms with E-state index in [1.54, 1.807) is 6.07 Å². The molecule has 0 fully saturated rings. The first-order chi connectivity index (χ1) is 10.2. The fourth-order valence-corrected chi connectivity index (χ4v) is 2.62. The van der Waals surface area contributed by atoms with Gasteiger partial charge in [-0.2, -0.15) is 5.26 Å². The zero-order valence-corrected chi connectivity index (χ0v) is 12.6. The highest BCUT2D eigenvalue weighted by molar-refractivity contribution is 9.10. The van der Waals surface area contributed by atoms with Crippen LogP contribution < -0.4 is 11.1 Å². The van der Waals surface area contributed by atoms with Crippen LogP contribution in [0.25, 0.3) is 10.8 Å². The largest absolute Gasteiger partial charge is 0.396 e. The standard InChI is InChI=1S/C16H11BrN4/c17-13-5-6-15(12-4-2-1-3-11(12)13)21-16-14(19)7-10(8-18)9-20-16/h1-7,9H,19H2,(H,20,21). The summed E-state index contributed by atoms with van der Waals surface area (Å²) in [5, 5.41) is 14.2. The molecule has 0 saturated carbocycles. The third-order valence-electron chi connectivity index (χ3n) is 3.17. The van der Waals surface area contributed by atoms with Gasteiger partial charge in [0.25, 0.3) is 0 Å². The zero-order valence-electron chi connectivity index (χ0n) is 11.0. The molecule has 2 aromatic carbocycles. The van der Waals surface area contributed by atoms with Crippen molar-refractivity contribution < 1.29 is 0 Å². The van der Waals surface area contributed by atoms with Crippen LogP contribution in [0, 0.1) is 11.3 Å². The quantitative estimate of drug-likeness (QED) is 0.734. The minimum atomic E-state index is 0.443. The summed E-state index contributed by atoms with van der Waals surface area (Å²) in [5.41, 5.74) is 7.74. The van der Waals surface area contributed by atoms with Crippen molar-refractivity contribution >= 4 is 43.9 Å². The summed E-state index contributed by atoms with van der Waals surface area (Å²) in [7, 11) is 0. The molecule has 0 amide bonds. The van der Waals surface area contributed by atoms with Crippen LogP contribution in [0.3, 0.4) is 0 Å². The fraction of sp³-hybridized carbons (Fsp3) is 0. The third kappa shape index (κ3) is 2.54. The molecule has 1 aromatic heterocycles. The Labute approximate surface area is 130 Å². The Bertz CT molecular complexity index is 868. The van der Waals surface area contributed by atoms with Gasteiger partial charge in [-0.15, -0.1) is 0 Å². The van der Waals surface area contributed by atoms with Crippen LogP contribution >= 0.6 is 15.9 Å². The Hall–Kier alpha value is -2.58. The Morgan fingerprint density at radius 3 is 2.62 bits per heavy atom. The molecule has 0 atom stereocenters. The Morgan fingerprint density at radius 1 is 1.14 bits per heavy atom. The Kier molecular flexibility index (Phi) is 3.46. The van der Waals surface area contributed by atoms with Crippen molar-refractivity contribution in [3.63, 3.8) is 0 Å². The number of pyridine rings is 1. The first kappa shape index (κ1) is 13.4. The number of hydrogen-bond donors (Lipinski definition) is 2. The van der Waals surface area contributed by atoms with Crippen molar-refractivity contribution in [3.8, 4) is 6.07 Å². The van der Waals surface area contributed by atoms with Crippen LogP contribution in [0.15, 0.2) is 53.1 Å². The van der Waals surface area contributed by atoms with E-state index in [4.69, 9.17) is 11.0 Å². The second kappa shape index (κ2) is 5.43. The van der Waals surface area contributed by atoms with Gasteiger partial charge in [-0.05, 0) is 23.6 Å². The van der Waals surface area contributed by atoms with Crippen molar-refractivity contribution in [1.29, 1.82) is 5.26 Å². The highest BCUT2D eigenvalue weighted by atomic mass is 79.9. The summed E-state index contributed by atoms with van der Waals surface area (Å²) in [4.78, 5) is 4.20. The summed E-state index contributed by atoms with van der Waals surface area (Å²) >= 11 is 3.55. The maximum absolute atomic E-state index is 8.84. The molecule has 4 nitrogen and oxygen atoms in total. The SMILES string of the molecule is N#Cc1cnc(Nc2ccc(Br)c3ccccc23)c(N)c1. The van der Waals surface area contributed by atoms with E-state index >= 15 is 0 Å². The van der Waals surface area contributed by atoms with Crippen molar-refractivity contribution in [3.05, 3.63) is 58.7 Å². The number of nitrogens with zero attached hydrogens (tertiary/aromatic N) is 2. The summed E-state index contributed by atoms with van der Waals surface area (Å²) in [6.45, 7) is 0. The van der Waals surface area contributed by atoms with Gasteiger partial charge in [-0.3, -0.25) is 0 Å². The lowest BCUT2D eigenvalue weighted by Crippen LogP contribution is -2.00. The number of nitrogens with two attached hydrogens (primary N) is 1. The van der Waals surface area contributed by atoms with Gasteiger partial charge >= 0.3 is 0 Å². The van der Waals surface area contributed by atoms with Crippen LogP contribution in [0.4, 0.5) is 17.2 Å². The molecule has 3 N–H and O–H groups in total. The van der Waals surface area contributed by atoms with Crippen molar-refractivity contribution in [2.24, 2.45) is 0 Å². The van der Waals surface area contributed by atoms with Crippen LogP contribution in [0.2, 0.25) is 0 Å². The second-order valence-electron chi connectivity index (χ2n) is 4.54. The van der Waals surface area contributed by atoms with E-state index < -0.39 is 0 Å². The minimum Gasteiger partial charge on any atom is -0.396 e. The van der Waals surface area contributed by atoms with Gasteiger partial charge in [0, 0.05) is 21.7 Å². The second-order valence-corrected chi connectivity index (χ2v) is 5.39. The summed E-state index contributed by atoms with van der Waals surface area (Å²) in [6, 6.07) is 15.6. The van der Waals surface area contributed by atoms with E-state index in [1.165, 1.54) is 6.20 Å². The van der Waals surface area contributed by atoms with Gasteiger partial charge in [0.15, 0.2) is 5.82 Å². The van der Waals surface area contributed by atoms with Gasteiger partial charge in [0.2, 0.25) is 0 Å². The van der Waals surface area contributed by atoms with E-state index in [0.29, 0.717) is 17.1 Å². The van der Waals surface area contributed by atoms with Gasteiger partial charge < -0.3 is 11.1 Å². The molecule has 21 heavy (non-hydrogen) atoms. The number of nitrogens with one attached hydrogen (secondary N) is 1. The van der Waals surface area contributed by atoms with E-state index in [2.05, 4.69) is 26.2 Å². The number of hydrogen-bond acceptors (Lipinski definition) is 4. The minimum absolute atomic E-state index is 0.443. The van der Waals surface area contributed by atoms with Crippen molar-refractivity contribution in [2.45, 2.75) is 0 Å². The van der Waals surface area contributed by atoms with Crippen molar-refractivity contribution in [1.82, 2.24) is 4.98 Å². The fourth-order valence-electron chi connectivity index (χ4n) is 2.15. The number of nitrogen functional groups attached to an aromatic ring is 1. The predicted molar refractivity (Wildman–Crippen MR) is 88.3 cm³/mol. The van der Waals surface area contributed by atoms with E-state index in [1.807, 2.05) is 42.5 Å². The monoisotopic (exact) mass is 338 g/mol. The van der Waals surface area contributed by atoms with Gasteiger partial charge in [-0.25, -0.2) is 4.98 Å². The molecule has 0 unspecified atom stereocenters. The van der Waals surface area contributed by atoms with Gasteiger partial charge in [0.1, 0.15) is 6.07 Å². The number of nitriles is 1. The molecule has 102 valence electrons. The molecule has 0 aliphatic heterocycles. The number of anilines is 3. The Morgan fingerprint density at radius 2 is 1.90 bits per heavy atom. The molecular weight excluding hydrogens is 328 g/mol. The van der Waals surface area contributed by atoms with Crippen LogP contribution in [0.1, 0.15) is 5.56 Å². The molecule has 5 heteroatoms. The average Bonchev–Trinajstić information content (AvgIpc) is 2.52. The molecule has 0 saturated heterocycles. The predicted octanol–water partition coefficient (Wildman–Crippen LogP) is 4.19. The first-order valence-electron chi connectivity index (χ1n) is 6.29. The smallest absolute Gasteiger partial charge is 0.153 e. The van der Waals surface area contributed by atoms with E-state index in [-0.39, 0.29) is 0 Å². The Balaban J connectivity index is 2.07. The van der Waals surface area contributed by atoms with Crippen molar-refractivity contribution in [2.75, 3.05) is 11.1 Å². The molecule has 3 rings (SSSR count). The van der Waals surface area contributed by atoms with Crippen LogP contribution in [-0.2, 0) is 0 Å². The van der Waals surface area contributed by atoms with Crippen LogP contribution in [0.5, 0.6) is 0 Å². The zero-order chi connectivity index (χ0) is 14.8. The first-order valence-corrected chi connectivity index (χ1v) is 7.08. The van der Waals surface area contributed by atoms with Gasteiger partial charge in [0.05, 0.1) is 11.3 Å². The maximum atomic E-state index is 8.84. The number of benzene rings is 2. The molecule has 0 aliphatic rings. The van der Waals surface area contributed by atoms with Crippen LogP contribution in [-0.4, -0.2) is 4.98 Å². The third-order valence-corrected chi connectivity index (χ3v) is 3.86. The molecule has 0 radical (unpaired) electrons. The molecule has 1 heterocycles. The molecule has 0 aliphatic carbocycles. The lowest BCUT2D eigenvalue weighted by Gasteiger charge is -2.12. The van der Waals surface area contributed by atoms with E-state index in [0.717, 1.165) is 20.9 Å². The molecular formula is C16H11BrN4. The molecule has 0 spiro atoms. The highest BCUT2D eigenvalue weighted by Crippen LogP contribution is 2.32.